The van der Waals surface area contributed by atoms with E-state index in [4.69, 9.17) is 9.47 Å². The van der Waals surface area contributed by atoms with Crippen molar-refractivity contribution in [1.82, 2.24) is 4.90 Å². The van der Waals surface area contributed by atoms with E-state index < -0.39 is 5.60 Å². The van der Waals surface area contributed by atoms with E-state index >= 15 is 0 Å². The third-order valence-corrected chi connectivity index (χ3v) is 3.28. The number of anilines is 1. The molecule has 1 aromatic rings. The van der Waals surface area contributed by atoms with Crippen molar-refractivity contribution < 1.29 is 14.3 Å². The van der Waals surface area contributed by atoms with Crippen LogP contribution in [0.15, 0.2) is 24.3 Å². The summed E-state index contributed by atoms with van der Waals surface area (Å²) >= 11 is 0. The van der Waals surface area contributed by atoms with Crippen molar-refractivity contribution in [2.75, 3.05) is 26.1 Å². The van der Waals surface area contributed by atoms with Crippen LogP contribution in [0.3, 0.4) is 0 Å². The minimum absolute atomic E-state index is 0.277. The van der Waals surface area contributed by atoms with Gasteiger partial charge in [-0.25, -0.2) is 4.79 Å². The highest BCUT2D eigenvalue weighted by molar-refractivity contribution is 5.67. The van der Waals surface area contributed by atoms with Crippen molar-refractivity contribution in [3.63, 3.8) is 0 Å². The van der Waals surface area contributed by atoms with E-state index in [-0.39, 0.29) is 12.1 Å². The Balaban J connectivity index is 2.67. The molecule has 1 aromatic carbocycles. The lowest BCUT2D eigenvalue weighted by Crippen LogP contribution is -2.33. The second-order valence-corrected chi connectivity index (χ2v) is 6.74. The predicted molar refractivity (Wildman–Crippen MR) is 93.7 cm³/mol. The van der Waals surface area contributed by atoms with Gasteiger partial charge in [0.15, 0.2) is 0 Å². The maximum atomic E-state index is 12.0. The van der Waals surface area contributed by atoms with Crippen molar-refractivity contribution in [1.29, 1.82) is 0 Å². The van der Waals surface area contributed by atoms with Crippen molar-refractivity contribution in [3.05, 3.63) is 29.8 Å². The first-order valence-electron chi connectivity index (χ1n) is 8.03. The second kappa shape index (κ2) is 8.77. The van der Waals surface area contributed by atoms with Crippen LogP contribution in [-0.2, 0) is 16.0 Å². The van der Waals surface area contributed by atoms with Crippen LogP contribution in [0.5, 0.6) is 0 Å². The molecule has 5 nitrogen and oxygen atoms in total. The zero-order valence-corrected chi connectivity index (χ0v) is 15.2. The molecule has 0 aromatic heterocycles. The lowest BCUT2D eigenvalue weighted by Gasteiger charge is -2.25. The molecule has 0 saturated heterocycles. The maximum absolute atomic E-state index is 12.0. The monoisotopic (exact) mass is 322 g/mol. The molecule has 1 N–H and O–H groups in total. The van der Waals surface area contributed by atoms with Gasteiger partial charge in [-0.05, 0) is 44.9 Å². The van der Waals surface area contributed by atoms with E-state index in [1.807, 2.05) is 39.0 Å². The summed E-state index contributed by atoms with van der Waals surface area (Å²) in [4.78, 5) is 13.6. The molecule has 0 saturated carbocycles. The van der Waals surface area contributed by atoms with Gasteiger partial charge in [-0.1, -0.05) is 19.1 Å². The molecule has 0 aliphatic carbocycles. The molecule has 5 heteroatoms. The number of hydrogen-bond donors (Lipinski definition) is 1. The summed E-state index contributed by atoms with van der Waals surface area (Å²) in [6, 6.07) is 8.34. The van der Waals surface area contributed by atoms with Crippen LogP contribution < -0.4 is 5.32 Å². The van der Waals surface area contributed by atoms with Crippen molar-refractivity contribution in [2.45, 2.75) is 52.3 Å². The Morgan fingerprint density at radius 1 is 1.35 bits per heavy atom. The van der Waals surface area contributed by atoms with E-state index in [2.05, 4.69) is 18.3 Å². The fourth-order valence-electron chi connectivity index (χ4n) is 2.14. The Morgan fingerprint density at radius 2 is 2.04 bits per heavy atom. The van der Waals surface area contributed by atoms with Crippen LogP contribution in [0.4, 0.5) is 10.5 Å². The Kier molecular flexibility index (Phi) is 7.36. The van der Waals surface area contributed by atoms with E-state index in [1.165, 1.54) is 0 Å². The number of amides is 1. The highest BCUT2D eigenvalue weighted by atomic mass is 16.6. The lowest BCUT2D eigenvalue weighted by atomic mass is 10.1. The van der Waals surface area contributed by atoms with Crippen LogP contribution in [0.25, 0.3) is 0 Å². The standard InChI is InChI=1S/C18H30N2O3/c1-7-15(13-22-6)19-16-10-8-9-14(11-16)12-20(5)17(21)23-18(2,3)4/h8-11,15,19H,7,12-13H2,1-6H3. The van der Waals surface area contributed by atoms with E-state index in [1.54, 1.807) is 19.1 Å². The average Bonchev–Trinajstić information content (AvgIpc) is 2.45. The van der Waals surface area contributed by atoms with Gasteiger partial charge in [0.2, 0.25) is 0 Å². The zero-order valence-electron chi connectivity index (χ0n) is 15.2. The minimum Gasteiger partial charge on any atom is -0.444 e. The molecule has 0 fully saturated rings. The average molecular weight is 322 g/mol. The molecular formula is C18H30N2O3. The van der Waals surface area contributed by atoms with Crippen molar-refractivity contribution in [2.24, 2.45) is 0 Å². The first-order chi connectivity index (χ1) is 10.7. The first-order valence-corrected chi connectivity index (χ1v) is 8.03. The van der Waals surface area contributed by atoms with Gasteiger partial charge in [0, 0.05) is 32.4 Å². The number of nitrogens with zero attached hydrogens (tertiary/aromatic N) is 1. The van der Waals surface area contributed by atoms with Crippen LogP contribution in [0, 0.1) is 0 Å². The summed E-state index contributed by atoms with van der Waals surface area (Å²) in [6.45, 7) is 8.89. The molecule has 0 aliphatic rings. The van der Waals surface area contributed by atoms with E-state index in [9.17, 15) is 4.79 Å². The van der Waals surface area contributed by atoms with Crippen LogP contribution in [0.2, 0.25) is 0 Å². The molecule has 130 valence electrons. The van der Waals surface area contributed by atoms with Gasteiger partial charge in [-0.15, -0.1) is 0 Å². The van der Waals surface area contributed by atoms with Gasteiger partial charge in [0.1, 0.15) is 5.60 Å². The third-order valence-electron chi connectivity index (χ3n) is 3.28. The summed E-state index contributed by atoms with van der Waals surface area (Å²) < 4.78 is 10.6. The van der Waals surface area contributed by atoms with Gasteiger partial charge in [-0.2, -0.15) is 0 Å². The molecule has 1 amide bonds. The van der Waals surface area contributed by atoms with Gasteiger partial charge < -0.3 is 19.7 Å². The second-order valence-electron chi connectivity index (χ2n) is 6.74. The Labute approximate surface area is 140 Å². The molecule has 0 heterocycles. The summed E-state index contributed by atoms with van der Waals surface area (Å²) in [5.41, 5.74) is 1.60. The fourth-order valence-corrected chi connectivity index (χ4v) is 2.14. The van der Waals surface area contributed by atoms with Crippen LogP contribution in [-0.4, -0.2) is 43.4 Å². The quantitative estimate of drug-likeness (QED) is 0.827. The minimum atomic E-state index is -0.483. The third kappa shape index (κ3) is 7.37. The summed E-state index contributed by atoms with van der Waals surface area (Å²) in [5.74, 6) is 0. The summed E-state index contributed by atoms with van der Waals surface area (Å²) in [6.07, 6.45) is 0.664. The number of methoxy groups -OCH3 is 1. The SMILES string of the molecule is CCC(COC)Nc1cccc(CN(C)C(=O)OC(C)(C)C)c1. The number of carbonyl (C=O) groups excluding carboxylic acids is 1. The molecule has 0 bridgehead atoms. The van der Waals surface area contributed by atoms with Gasteiger partial charge >= 0.3 is 6.09 Å². The van der Waals surface area contributed by atoms with Gasteiger partial charge in [0.25, 0.3) is 0 Å². The summed E-state index contributed by atoms with van der Waals surface area (Å²) in [5, 5.41) is 3.45. The molecule has 0 aliphatic heterocycles. The molecule has 1 atom stereocenters. The lowest BCUT2D eigenvalue weighted by molar-refractivity contribution is 0.0285. The predicted octanol–water partition coefficient (Wildman–Crippen LogP) is 3.89. The number of ether oxygens (including phenoxy) is 2. The molecule has 0 radical (unpaired) electrons. The zero-order chi connectivity index (χ0) is 17.5. The Bertz CT molecular complexity index is 497. The summed E-state index contributed by atoms with van der Waals surface area (Å²) in [7, 11) is 3.45. The normalized spacial score (nSPS) is 12.6. The van der Waals surface area contributed by atoms with Gasteiger partial charge in [-0.3, -0.25) is 0 Å². The first kappa shape index (κ1) is 19.3. The highest BCUT2D eigenvalue weighted by Gasteiger charge is 2.19. The molecule has 0 spiro atoms. The van der Waals surface area contributed by atoms with Crippen LogP contribution >= 0.6 is 0 Å². The van der Waals surface area contributed by atoms with Crippen molar-refractivity contribution >= 4 is 11.8 Å². The molecule has 23 heavy (non-hydrogen) atoms. The van der Waals surface area contributed by atoms with Gasteiger partial charge in [0.05, 0.1) is 6.61 Å². The highest BCUT2D eigenvalue weighted by Crippen LogP contribution is 2.16. The fraction of sp³-hybridized carbons (Fsp3) is 0.611. The largest absolute Gasteiger partial charge is 0.444 e. The van der Waals surface area contributed by atoms with Crippen molar-refractivity contribution in [3.8, 4) is 0 Å². The number of rotatable bonds is 7. The number of benzene rings is 1. The smallest absolute Gasteiger partial charge is 0.410 e. The number of hydrogen-bond acceptors (Lipinski definition) is 4. The molecule has 1 unspecified atom stereocenters. The Hall–Kier alpha value is -1.75. The maximum Gasteiger partial charge on any atom is 0.410 e. The Morgan fingerprint density at radius 3 is 2.61 bits per heavy atom. The topological polar surface area (TPSA) is 50.8 Å². The van der Waals surface area contributed by atoms with E-state index in [0.29, 0.717) is 13.2 Å². The number of carbonyl (C=O) groups is 1. The van der Waals surface area contributed by atoms with Crippen LogP contribution in [0.1, 0.15) is 39.7 Å². The molecule has 1 rings (SSSR count). The molecular weight excluding hydrogens is 292 g/mol. The number of nitrogens with one attached hydrogen (secondary N) is 1. The van der Waals surface area contributed by atoms with E-state index in [0.717, 1.165) is 17.7 Å².